The van der Waals surface area contributed by atoms with Crippen LogP contribution in [0.1, 0.15) is 13.3 Å². The van der Waals surface area contributed by atoms with Crippen LogP contribution in [0.15, 0.2) is 47.4 Å². The van der Waals surface area contributed by atoms with Gasteiger partial charge >= 0.3 is 5.97 Å². The number of amides is 1. The Morgan fingerprint density at radius 2 is 1.88 bits per heavy atom. The second-order valence-electron chi connectivity index (χ2n) is 6.88. The summed E-state index contributed by atoms with van der Waals surface area (Å²) in [5.74, 6) is -3.68. The summed E-state index contributed by atoms with van der Waals surface area (Å²) in [5.41, 5.74) is 4.53. The molecule has 3 aromatic rings. The van der Waals surface area contributed by atoms with Gasteiger partial charge in [-0.2, -0.15) is 0 Å². The third-order valence-corrected chi connectivity index (χ3v) is 5.40. The number of methoxy groups -OCH3 is 1. The molecular formula is C22H20ClFN2O6. The number of benzene rings is 2. The summed E-state index contributed by atoms with van der Waals surface area (Å²) in [6.45, 7) is 2.02. The smallest absolute Gasteiger partial charge is 0.355 e. The van der Waals surface area contributed by atoms with Gasteiger partial charge in [-0.25, -0.2) is 9.18 Å². The van der Waals surface area contributed by atoms with Crippen LogP contribution < -0.4 is 20.6 Å². The fourth-order valence-electron chi connectivity index (χ4n) is 3.26. The molecule has 3 rings (SSSR count). The van der Waals surface area contributed by atoms with Crippen LogP contribution >= 0.6 is 11.6 Å². The Morgan fingerprint density at radius 1 is 1.22 bits per heavy atom. The monoisotopic (exact) mass is 462 g/mol. The van der Waals surface area contributed by atoms with E-state index in [2.05, 4.69) is 0 Å². The zero-order valence-corrected chi connectivity index (χ0v) is 18.0. The lowest BCUT2D eigenvalue weighted by molar-refractivity contribution is -0.147. The zero-order chi connectivity index (χ0) is 23.6. The number of aromatic nitrogens is 1. The Balaban J connectivity index is 2.51. The highest BCUT2D eigenvalue weighted by atomic mass is 35.5. The molecule has 32 heavy (non-hydrogen) atoms. The number of halogens is 2. The van der Waals surface area contributed by atoms with Crippen molar-refractivity contribution in [3.8, 4) is 22.6 Å². The molecule has 3 N–H and O–H groups in total. The summed E-state index contributed by atoms with van der Waals surface area (Å²) in [6.07, 6.45) is 1.64. The fourth-order valence-corrected chi connectivity index (χ4v) is 3.40. The minimum Gasteiger partial charge on any atom is -0.497 e. The van der Waals surface area contributed by atoms with Gasteiger partial charge in [0.05, 0.1) is 24.6 Å². The number of fused-ring (bicyclic) bond motifs is 1. The molecule has 0 fully saturated rings. The van der Waals surface area contributed by atoms with E-state index in [1.165, 1.54) is 25.3 Å². The van der Waals surface area contributed by atoms with E-state index in [1.807, 2.05) is 6.92 Å². The Labute approximate surface area is 186 Å². The van der Waals surface area contributed by atoms with Crippen molar-refractivity contribution in [1.82, 2.24) is 4.57 Å². The van der Waals surface area contributed by atoms with Crippen LogP contribution in [0, 0.1) is 5.82 Å². The highest BCUT2D eigenvalue weighted by Gasteiger charge is 2.46. The van der Waals surface area contributed by atoms with E-state index in [4.69, 9.17) is 26.8 Å². The van der Waals surface area contributed by atoms with Gasteiger partial charge in [0.15, 0.2) is 5.43 Å². The summed E-state index contributed by atoms with van der Waals surface area (Å²) in [4.78, 5) is 34.7. The van der Waals surface area contributed by atoms with Crippen molar-refractivity contribution < 1.29 is 28.6 Å². The predicted molar refractivity (Wildman–Crippen MR) is 117 cm³/mol. The molecule has 0 aliphatic carbocycles. The lowest BCUT2D eigenvalue weighted by atomic mass is 10.0. The van der Waals surface area contributed by atoms with E-state index in [0.29, 0.717) is 17.7 Å². The first-order valence-corrected chi connectivity index (χ1v) is 9.92. The van der Waals surface area contributed by atoms with Gasteiger partial charge in [-0.15, -0.1) is 0 Å². The molecule has 0 saturated heterocycles. The number of carboxylic acid groups (broad SMARTS) is 1. The average Bonchev–Trinajstić information content (AvgIpc) is 2.78. The third kappa shape index (κ3) is 3.75. The van der Waals surface area contributed by atoms with Gasteiger partial charge < -0.3 is 24.9 Å². The number of carbonyl (C=O) groups is 2. The van der Waals surface area contributed by atoms with Crippen LogP contribution in [0.25, 0.3) is 22.0 Å². The maximum atomic E-state index is 14.9. The van der Waals surface area contributed by atoms with Crippen molar-refractivity contribution >= 4 is 34.4 Å². The van der Waals surface area contributed by atoms with E-state index in [0.717, 1.165) is 16.8 Å². The third-order valence-electron chi connectivity index (χ3n) is 4.87. The number of carboxylic acids is 1. The van der Waals surface area contributed by atoms with Crippen molar-refractivity contribution in [3.05, 3.63) is 58.6 Å². The highest BCUT2D eigenvalue weighted by Crippen LogP contribution is 2.35. The first-order chi connectivity index (χ1) is 15.2. The molecule has 10 heteroatoms. The van der Waals surface area contributed by atoms with Crippen molar-refractivity contribution in [1.29, 1.82) is 0 Å². The lowest BCUT2D eigenvalue weighted by Gasteiger charge is -2.26. The van der Waals surface area contributed by atoms with Crippen LogP contribution in [0.4, 0.5) is 4.39 Å². The number of carbonyl (C=O) groups excluding carboxylic acids is 1. The summed E-state index contributed by atoms with van der Waals surface area (Å²) in [7, 11) is 1.47. The average molecular weight is 463 g/mol. The molecule has 0 aliphatic heterocycles. The Kier molecular flexibility index (Phi) is 6.40. The van der Waals surface area contributed by atoms with Crippen LogP contribution in [0.3, 0.4) is 0 Å². The highest BCUT2D eigenvalue weighted by molar-refractivity contribution is 6.42. The molecule has 1 unspecified atom stereocenters. The first-order valence-electron chi connectivity index (χ1n) is 9.54. The number of ether oxygens (including phenoxy) is 2. The van der Waals surface area contributed by atoms with Crippen LogP contribution in [0.2, 0.25) is 0 Å². The van der Waals surface area contributed by atoms with Crippen LogP contribution in [-0.4, -0.2) is 35.3 Å². The molecule has 0 aliphatic rings. The Morgan fingerprint density at radius 3 is 2.41 bits per heavy atom. The lowest BCUT2D eigenvalue weighted by Crippen LogP contribution is -2.48. The molecule has 1 atom stereocenters. The van der Waals surface area contributed by atoms with Crippen LogP contribution in [0.5, 0.6) is 11.5 Å². The molecule has 168 valence electrons. The SMILES string of the molecule is CCCOc1ccc(F)c2c(=O)c(-c3ccc(OC)cc3)cn(C(Cl)(C(N)=O)C(=O)O)c12. The molecule has 1 aromatic heterocycles. The van der Waals surface area contributed by atoms with Gasteiger partial charge in [0.2, 0.25) is 0 Å². The number of nitrogens with two attached hydrogens (primary N) is 1. The largest absolute Gasteiger partial charge is 0.497 e. The van der Waals surface area contributed by atoms with Gasteiger partial charge in [-0.05, 0) is 36.2 Å². The molecule has 8 nitrogen and oxygen atoms in total. The number of primary amides is 1. The molecule has 1 amide bonds. The van der Waals surface area contributed by atoms with E-state index in [9.17, 15) is 23.9 Å². The molecular weight excluding hydrogens is 443 g/mol. The molecule has 0 radical (unpaired) electrons. The number of hydrogen-bond donors (Lipinski definition) is 2. The van der Waals surface area contributed by atoms with Gasteiger partial charge in [-0.1, -0.05) is 30.7 Å². The minimum absolute atomic E-state index is 0.0193. The Bertz CT molecular complexity index is 1240. The molecule has 1 heterocycles. The van der Waals surface area contributed by atoms with Gasteiger partial charge in [-0.3, -0.25) is 9.59 Å². The topological polar surface area (TPSA) is 121 Å². The number of aliphatic carboxylic acids is 1. The van der Waals surface area contributed by atoms with E-state index < -0.39 is 33.5 Å². The number of nitrogens with zero attached hydrogens (tertiary/aromatic N) is 1. The predicted octanol–water partition coefficient (Wildman–Crippen LogP) is 3.07. The van der Waals surface area contributed by atoms with Crippen molar-refractivity contribution in [3.63, 3.8) is 0 Å². The minimum atomic E-state index is -2.86. The zero-order valence-electron chi connectivity index (χ0n) is 17.2. The quantitative estimate of drug-likeness (QED) is 0.392. The molecule has 0 bridgehead atoms. The first kappa shape index (κ1) is 23.1. The summed E-state index contributed by atoms with van der Waals surface area (Å²) < 4.78 is 26.4. The van der Waals surface area contributed by atoms with E-state index in [1.54, 1.807) is 12.1 Å². The van der Waals surface area contributed by atoms with Gasteiger partial charge in [0.25, 0.3) is 10.9 Å². The van der Waals surface area contributed by atoms with Crippen molar-refractivity contribution in [2.24, 2.45) is 5.73 Å². The number of rotatable bonds is 8. The standard InChI is InChI=1S/C22H20ClFN2O6/c1-3-10-32-16-9-8-15(24)17-18(16)26(22(23,20(25)28)21(29)30)11-14(19(17)27)12-4-6-13(31-2)7-5-12/h4-9,11H,3,10H2,1-2H3,(H2,25,28)(H,29,30). The summed E-state index contributed by atoms with van der Waals surface area (Å²) in [5, 5.41) is 9.28. The van der Waals surface area contributed by atoms with Crippen molar-refractivity contribution in [2.45, 2.75) is 18.3 Å². The van der Waals surface area contributed by atoms with Crippen molar-refractivity contribution in [2.75, 3.05) is 13.7 Å². The van der Waals surface area contributed by atoms with Gasteiger partial charge in [0.1, 0.15) is 17.3 Å². The summed E-state index contributed by atoms with van der Waals surface area (Å²) >= 11 is 6.22. The Hall–Kier alpha value is -3.59. The fraction of sp³-hybridized carbons (Fsp3) is 0.227. The second kappa shape index (κ2) is 8.88. The number of pyridine rings is 1. The number of alkyl halides is 1. The number of hydrogen-bond acceptors (Lipinski definition) is 5. The van der Waals surface area contributed by atoms with E-state index in [-0.39, 0.29) is 23.4 Å². The van der Waals surface area contributed by atoms with Gasteiger partial charge in [0, 0.05) is 11.8 Å². The van der Waals surface area contributed by atoms with Crippen LogP contribution in [-0.2, 0) is 14.6 Å². The second-order valence-corrected chi connectivity index (χ2v) is 7.43. The molecule has 0 saturated carbocycles. The molecule has 2 aromatic carbocycles. The maximum Gasteiger partial charge on any atom is 0.355 e. The normalized spacial score (nSPS) is 12.9. The molecule has 0 spiro atoms. The van der Waals surface area contributed by atoms with E-state index >= 15 is 0 Å². The summed E-state index contributed by atoms with van der Waals surface area (Å²) in [6, 6.07) is 8.46. The maximum absolute atomic E-state index is 14.9.